The van der Waals surface area contributed by atoms with Crippen molar-refractivity contribution in [3.63, 3.8) is 0 Å². The molecule has 0 saturated carbocycles. The molecule has 194 valence electrons. The Hall–Kier alpha value is -5.36. The molecule has 0 radical (unpaired) electrons. The number of hydrogen-bond acceptors (Lipinski definition) is 4. The van der Waals surface area contributed by atoms with E-state index in [1.807, 2.05) is 48.5 Å². The molecular weight excluding hydrogens is 510 g/mol. The van der Waals surface area contributed by atoms with Gasteiger partial charge in [0.2, 0.25) is 0 Å². The Labute approximate surface area is 228 Å². The second kappa shape index (κ2) is 10.4. The predicted molar refractivity (Wildman–Crippen MR) is 150 cm³/mol. The number of ether oxygens (including phenoxy) is 2. The summed E-state index contributed by atoms with van der Waals surface area (Å²) in [7, 11) is 0. The summed E-state index contributed by atoms with van der Waals surface area (Å²) in [6.07, 6.45) is 0. The van der Waals surface area contributed by atoms with Gasteiger partial charge in [-0.25, -0.2) is 18.4 Å². The van der Waals surface area contributed by atoms with Gasteiger partial charge in [-0.05, 0) is 57.9 Å². The van der Waals surface area contributed by atoms with Crippen LogP contribution in [0, 0.1) is 11.6 Å². The summed E-state index contributed by atoms with van der Waals surface area (Å²) in [5.74, 6) is -2.88. The highest BCUT2D eigenvalue weighted by Gasteiger charge is 2.24. The van der Waals surface area contributed by atoms with Gasteiger partial charge in [0.05, 0.1) is 11.1 Å². The van der Waals surface area contributed by atoms with Gasteiger partial charge in [0, 0.05) is 11.1 Å². The third-order valence-electron chi connectivity index (χ3n) is 6.62. The van der Waals surface area contributed by atoms with Gasteiger partial charge < -0.3 is 9.47 Å². The summed E-state index contributed by atoms with van der Waals surface area (Å²) in [6.45, 7) is 0. The minimum Gasteiger partial charge on any atom is -0.422 e. The molecule has 0 aromatic heterocycles. The summed E-state index contributed by atoms with van der Waals surface area (Å²) in [4.78, 5) is 26.2. The van der Waals surface area contributed by atoms with E-state index in [9.17, 15) is 18.4 Å². The van der Waals surface area contributed by atoms with Crippen LogP contribution in [0.15, 0.2) is 121 Å². The largest absolute Gasteiger partial charge is 0.422 e. The molecule has 0 saturated heterocycles. The minimum atomic E-state index is -0.875. The second-order valence-corrected chi connectivity index (χ2v) is 9.06. The second-order valence-electron chi connectivity index (χ2n) is 9.06. The highest BCUT2D eigenvalue weighted by molar-refractivity contribution is 6.11. The van der Waals surface area contributed by atoms with Crippen molar-refractivity contribution in [2.45, 2.75) is 0 Å². The van der Waals surface area contributed by atoms with Gasteiger partial charge in [-0.2, -0.15) is 0 Å². The third-order valence-corrected chi connectivity index (χ3v) is 6.62. The average Bonchev–Trinajstić information content (AvgIpc) is 2.97. The van der Waals surface area contributed by atoms with Gasteiger partial charge in [-0.15, -0.1) is 0 Å². The number of carbonyl (C=O) groups is 2. The van der Waals surface area contributed by atoms with Crippen LogP contribution in [0.4, 0.5) is 8.78 Å². The van der Waals surface area contributed by atoms with Gasteiger partial charge in [0.1, 0.15) is 23.1 Å². The lowest BCUT2D eigenvalue weighted by molar-refractivity contribution is 0.0718. The van der Waals surface area contributed by atoms with Crippen molar-refractivity contribution in [1.82, 2.24) is 0 Å². The molecule has 0 heterocycles. The number of fused-ring (bicyclic) bond motifs is 2. The van der Waals surface area contributed by atoms with Crippen LogP contribution in [0.1, 0.15) is 20.7 Å². The first-order chi connectivity index (χ1) is 19.5. The Morgan fingerprint density at radius 1 is 0.450 bits per heavy atom. The number of hydrogen-bond donors (Lipinski definition) is 0. The van der Waals surface area contributed by atoms with E-state index < -0.39 is 23.6 Å². The molecule has 0 spiro atoms. The number of carbonyl (C=O) groups excluding carboxylic acids is 2. The van der Waals surface area contributed by atoms with E-state index in [0.717, 1.165) is 10.8 Å². The maximum atomic E-state index is 14.4. The SMILES string of the molecule is O=C(Oc1ccc2ccccc2c1-c1c(OC(=O)c2ccccc2F)ccc2ccccc12)c1ccccc1F. The van der Waals surface area contributed by atoms with E-state index in [1.165, 1.54) is 36.4 Å². The van der Waals surface area contributed by atoms with Crippen molar-refractivity contribution >= 4 is 33.5 Å². The van der Waals surface area contributed by atoms with Crippen LogP contribution in [-0.4, -0.2) is 11.9 Å². The molecule has 0 fully saturated rings. The molecule has 0 bridgehead atoms. The van der Waals surface area contributed by atoms with Crippen LogP contribution in [0.5, 0.6) is 11.5 Å². The zero-order chi connectivity index (χ0) is 27.6. The fourth-order valence-electron chi connectivity index (χ4n) is 4.75. The van der Waals surface area contributed by atoms with E-state index in [2.05, 4.69) is 0 Å². The first-order valence-electron chi connectivity index (χ1n) is 12.5. The zero-order valence-electron chi connectivity index (χ0n) is 20.9. The van der Waals surface area contributed by atoms with Crippen LogP contribution in [0.3, 0.4) is 0 Å². The minimum absolute atomic E-state index is 0.145. The number of halogens is 2. The average molecular weight is 531 g/mol. The fraction of sp³-hybridized carbons (Fsp3) is 0. The van der Waals surface area contributed by atoms with Gasteiger partial charge in [-0.1, -0.05) is 84.9 Å². The van der Waals surface area contributed by atoms with Crippen molar-refractivity contribution < 1.29 is 27.8 Å². The van der Waals surface area contributed by atoms with Crippen LogP contribution >= 0.6 is 0 Å². The molecule has 0 N–H and O–H groups in total. The van der Waals surface area contributed by atoms with E-state index in [4.69, 9.17) is 9.47 Å². The predicted octanol–water partition coefficient (Wildman–Crippen LogP) is 8.38. The van der Waals surface area contributed by atoms with Crippen LogP contribution in [0.2, 0.25) is 0 Å². The molecule has 0 aliphatic carbocycles. The normalized spacial score (nSPS) is 10.9. The molecule has 6 aromatic carbocycles. The lowest BCUT2D eigenvalue weighted by atomic mass is 9.92. The van der Waals surface area contributed by atoms with Gasteiger partial charge >= 0.3 is 11.9 Å². The Morgan fingerprint density at radius 2 is 0.825 bits per heavy atom. The lowest BCUT2D eigenvalue weighted by Crippen LogP contribution is -2.13. The smallest absolute Gasteiger partial charge is 0.346 e. The molecule has 0 unspecified atom stereocenters. The first-order valence-corrected chi connectivity index (χ1v) is 12.5. The highest BCUT2D eigenvalue weighted by atomic mass is 19.1. The monoisotopic (exact) mass is 530 g/mol. The summed E-state index contributed by atoms with van der Waals surface area (Å²) >= 11 is 0. The van der Waals surface area contributed by atoms with Gasteiger partial charge in [0.15, 0.2) is 0 Å². The van der Waals surface area contributed by atoms with Crippen LogP contribution in [-0.2, 0) is 0 Å². The fourth-order valence-corrected chi connectivity index (χ4v) is 4.75. The van der Waals surface area contributed by atoms with Crippen molar-refractivity contribution in [3.8, 4) is 22.6 Å². The molecular formula is C34H20F2O4. The number of esters is 2. The molecule has 6 rings (SSSR count). The summed E-state index contributed by atoms with van der Waals surface area (Å²) < 4.78 is 40.5. The molecule has 40 heavy (non-hydrogen) atoms. The maximum Gasteiger partial charge on any atom is 0.346 e. The quantitative estimate of drug-likeness (QED) is 0.166. The summed E-state index contributed by atoms with van der Waals surface area (Å²) in [6, 6.07) is 32.9. The van der Waals surface area contributed by atoms with Crippen molar-refractivity contribution in [3.05, 3.63) is 144 Å². The van der Waals surface area contributed by atoms with E-state index in [1.54, 1.807) is 36.4 Å². The molecule has 0 atom stereocenters. The topological polar surface area (TPSA) is 52.6 Å². The third kappa shape index (κ3) is 4.56. The van der Waals surface area contributed by atoms with Crippen molar-refractivity contribution in [1.29, 1.82) is 0 Å². The summed E-state index contributed by atoms with van der Waals surface area (Å²) in [5.41, 5.74) is 0.503. The van der Waals surface area contributed by atoms with Gasteiger partial charge in [0.25, 0.3) is 0 Å². The maximum absolute atomic E-state index is 14.4. The van der Waals surface area contributed by atoms with Crippen molar-refractivity contribution in [2.24, 2.45) is 0 Å². The number of benzene rings is 6. The van der Waals surface area contributed by atoms with E-state index >= 15 is 0 Å². The standard InChI is InChI=1S/C34H20F2O4/c35-27-15-7-5-13-25(27)33(37)39-29-19-17-21-9-1-3-11-23(21)31(29)32-24-12-4-2-10-22(24)18-20-30(32)40-34(38)26-14-6-8-16-28(26)36/h1-20H. The van der Waals surface area contributed by atoms with Gasteiger partial charge in [-0.3, -0.25) is 0 Å². The molecule has 0 amide bonds. The Morgan fingerprint density at radius 3 is 1.25 bits per heavy atom. The van der Waals surface area contributed by atoms with Crippen molar-refractivity contribution in [2.75, 3.05) is 0 Å². The van der Waals surface area contributed by atoms with Crippen LogP contribution < -0.4 is 9.47 Å². The zero-order valence-corrected chi connectivity index (χ0v) is 20.9. The molecule has 4 nitrogen and oxygen atoms in total. The Kier molecular flexibility index (Phi) is 6.50. The highest BCUT2D eigenvalue weighted by Crippen LogP contribution is 2.46. The molecule has 6 heteroatoms. The first kappa shape index (κ1) is 24.9. The molecule has 0 aliphatic heterocycles. The van der Waals surface area contributed by atoms with E-state index in [-0.39, 0.29) is 22.6 Å². The number of rotatable bonds is 5. The molecule has 6 aromatic rings. The summed E-state index contributed by atoms with van der Waals surface area (Å²) in [5, 5.41) is 3.09. The lowest BCUT2D eigenvalue weighted by Gasteiger charge is -2.19. The van der Waals surface area contributed by atoms with Crippen LogP contribution in [0.25, 0.3) is 32.7 Å². The Balaban J connectivity index is 1.58. The van der Waals surface area contributed by atoms with E-state index in [0.29, 0.717) is 21.9 Å². The molecule has 0 aliphatic rings. The Bertz CT molecular complexity index is 1790.